The zero-order chi connectivity index (χ0) is 20.7. The van der Waals surface area contributed by atoms with E-state index in [1.54, 1.807) is 47.2 Å². The first kappa shape index (κ1) is 19.6. The van der Waals surface area contributed by atoms with Crippen LogP contribution in [-0.2, 0) is 22.9 Å². The number of aromatic amines is 1. The predicted molar refractivity (Wildman–Crippen MR) is 124 cm³/mol. The topological polar surface area (TPSA) is 99.8 Å². The van der Waals surface area contributed by atoms with E-state index in [4.69, 9.17) is 12.2 Å². The number of fused-ring (bicyclic) bond motifs is 3. The van der Waals surface area contributed by atoms with E-state index in [-0.39, 0.29) is 4.90 Å². The van der Waals surface area contributed by atoms with Gasteiger partial charge in [0.1, 0.15) is 10.6 Å². The predicted octanol–water partition coefficient (Wildman–Crippen LogP) is 5.23. The van der Waals surface area contributed by atoms with Crippen molar-refractivity contribution in [2.75, 3.05) is 10.0 Å². The van der Waals surface area contributed by atoms with Crippen LogP contribution in [0.25, 0.3) is 10.2 Å². The zero-order valence-electron chi connectivity index (χ0n) is 15.6. The zero-order valence-corrected chi connectivity index (χ0v) is 18.9. The number of sulfonamides is 1. The summed E-state index contributed by atoms with van der Waals surface area (Å²) in [4.78, 5) is 14.1. The molecule has 0 spiro atoms. The van der Waals surface area contributed by atoms with Crippen LogP contribution in [0.2, 0.25) is 0 Å². The first-order valence-electron chi connectivity index (χ1n) is 9.33. The number of thiophene rings is 1. The average molecular weight is 476 g/mol. The summed E-state index contributed by atoms with van der Waals surface area (Å²) in [7, 11) is -3.68. The van der Waals surface area contributed by atoms with Crippen LogP contribution >= 0.6 is 34.9 Å². The first-order chi connectivity index (χ1) is 14.5. The van der Waals surface area contributed by atoms with Crippen molar-refractivity contribution < 1.29 is 8.42 Å². The van der Waals surface area contributed by atoms with E-state index >= 15 is 0 Å². The van der Waals surface area contributed by atoms with E-state index < -0.39 is 10.0 Å². The van der Waals surface area contributed by atoms with Crippen molar-refractivity contribution in [2.24, 2.45) is 0 Å². The fraction of sp³-hybridized carbons (Fsp3) is 0.211. The van der Waals surface area contributed by atoms with Gasteiger partial charge in [-0.3, -0.25) is 4.72 Å². The summed E-state index contributed by atoms with van der Waals surface area (Å²) < 4.78 is 28.0. The van der Waals surface area contributed by atoms with Gasteiger partial charge in [-0.25, -0.2) is 18.4 Å². The molecule has 0 radical (unpaired) electrons. The average Bonchev–Trinajstić information content (AvgIpc) is 3.35. The molecule has 3 heterocycles. The van der Waals surface area contributed by atoms with Crippen LogP contribution in [0.3, 0.4) is 0 Å². The maximum Gasteiger partial charge on any atom is 0.263 e. The van der Waals surface area contributed by atoms with Gasteiger partial charge in [-0.2, -0.15) is 0 Å². The molecule has 1 aliphatic carbocycles. The second kappa shape index (κ2) is 7.73. The van der Waals surface area contributed by atoms with Crippen LogP contribution < -0.4 is 10.0 Å². The molecule has 1 aliphatic rings. The molecule has 0 bridgehead atoms. The molecule has 154 valence electrons. The van der Waals surface area contributed by atoms with Gasteiger partial charge in [0.15, 0.2) is 9.90 Å². The third kappa shape index (κ3) is 3.73. The van der Waals surface area contributed by atoms with Gasteiger partial charge < -0.3 is 10.3 Å². The van der Waals surface area contributed by atoms with E-state index in [2.05, 4.69) is 25.0 Å². The molecule has 1 aromatic carbocycles. The van der Waals surface area contributed by atoms with Crippen molar-refractivity contribution >= 4 is 71.8 Å². The van der Waals surface area contributed by atoms with Crippen LogP contribution in [0.4, 0.5) is 16.6 Å². The Kier molecular flexibility index (Phi) is 5.05. The summed E-state index contributed by atoms with van der Waals surface area (Å²) in [6.45, 7) is 0. The Labute approximate surface area is 186 Å². The standard InChI is InChI=1S/C19H17N5O2S4/c25-30(26,24-19-20-9-10-28-19)12-7-5-11(6-8-12)21-16-15-13-3-1-2-4-14(13)29-17(15)23-18(27)22-16/h5-10H,1-4H2,(H,20,24)(H2,21,22,23,27). The highest BCUT2D eigenvalue weighted by Crippen LogP contribution is 2.39. The number of thiazole rings is 1. The molecule has 3 aromatic heterocycles. The Morgan fingerprint density at radius 1 is 1.13 bits per heavy atom. The van der Waals surface area contributed by atoms with Crippen LogP contribution in [0, 0.1) is 4.77 Å². The Morgan fingerprint density at radius 3 is 2.70 bits per heavy atom. The molecule has 0 saturated heterocycles. The molecule has 0 fully saturated rings. The van der Waals surface area contributed by atoms with Gasteiger partial charge >= 0.3 is 0 Å². The molecule has 4 aromatic rings. The highest BCUT2D eigenvalue weighted by Gasteiger charge is 2.20. The number of hydrogen-bond acceptors (Lipinski definition) is 8. The number of anilines is 3. The normalized spacial score (nSPS) is 13.9. The molecular formula is C19H17N5O2S4. The molecule has 0 aliphatic heterocycles. The molecule has 0 unspecified atom stereocenters. The van der Waals surface area contributed by atoms with Gasteiger partial charge in [-0.1, -0.05) is 0 Å². The van der Waals surface area contributed by atoms with Crippen LogP contribution in [0.1, 0.15) is 23.3 Å². The van der Waals surface area contributed by atoms with Crippen molar-refractivity contribution in [3.8, 4) is 0 Å². The monoisotopic (exact) mass is 475 g/mol. The van der Waals surface area contributed by atoms with Gasteiger partial charge in [0.25, 0.3) is 10.0 Å². The number of nitrogens with one attached hydrogen (secondary N) is 3. The molecule has 7 nitrogen and oxygen atoms in total. The fourth-order valence-electron chi connectivity index (χ4n) is 3.58. The van der Waals surface area contributed by atoms with E-state index in [1.807, 2.05) is 0 Å². The lowest BCUT2D eigenvalue weighted by Crippen LogP contribution is -2.12. The fourth-order valence-corrected chi connectivity index (χ4v) is 6.89. The Hall–Kier alpha value is -2.34. The van der Waals surface area contributed by atoms with Crippen LogP contribution in [-0.4, -0.2) is 23.4 Å². The quantitative estimate of drug-likeness (QED) is 0.342. The molecule has 0 saturated carbocycles. The largest absolute Gasteiger partial charge is 0.341 e. The van der Waals surface area contributed by atoms with Crippen molar-refractivity contribution in [2.45, 2.75) is 30.6 Å². The summed E-state index contributed by atoms with van der Waals surface area (Å²) in [5, 5.41) is 6.51. The molecule has 0 atom stereocenters. The van der Waals surface area contributed by atoms with Crippen LogP contribution in [0.15, 0.2) is 40.7 Å². The maximum atomic E-state index is 12.5. The number of H-pyrrole nitrogens is 1. The Bertz CT molecular complexity index is 1370. The third-order valence-electron chi connectivity index (χ3n) is 4.93. The Morgan fingerprint density at radius 2 is 1.93 bits per heavy atom. The third-order valence-corrected chi connectivity index (χ3v) is 8.48. The number of nitrogens with zero attached hydrogens (tertiary/aromatic N) is 2. The molecule has 30 heavy (non-hydrogen) atoms. The van der Waals surface area contributed by atoms with Crippen LogP contribution in [0.5, 0.6) is 0 Å². The minimum Gasteiger partial charge on any atom is -0.341 e. The van der Waals surface area contributed by atoms with E-state index in [0.29, 0.717) is 9.90 Å². The summed E-state index contributed by atoms with van der Waals surface area (Å²) in [6, 6.07) is 6.60. The van der Waals surface area contributed by atoms with Gasteiger partial charge in [-0.15, -0.1) is 22.7 Å². The van der Waals surface area contributed by atoms with Crippen molar-refractivity contribution in [3.63, 3.8) is 0 Å². The lowest BCUT2D eigenvalue weighted by molar-refractivity contribution is 0.601. The highest BCUT2D eigenvalue weighted by atomic mass is 32.2. The second-order valence-electron chi connectivity index (χ2n) is 6.90. The van der Waals surface area contributed by atoms with Gasteiger partial charge in [-0.05, 0) is 67.7 Å². The minimum absolute atomic E-state index is 0.170. The van der Waals surface area contributed by atoms with Gasteiger partial charge in [0, 0.05) is 22.1 Å². The summed E-state index contributed by atoms with van der Waals surface area (Å²) in [6.07, 6.45) is 6.06. The molecule has 11 heteroatoms. The van der Waals surface area contributed by atoms with Crippen molar-refractivity contribution in [3.05, 3.63) is 51.1 Å². The number of benzene rings is 1. The minimum atomic E-state index is -3.68. The number of aromatic nitrogens is 3. The first-order valence-corrected chi connectivity index (χ1v) is 12.9. The number of hydrogen-bond donors (Lipinski definition) is 3. The van der Waals surface area contributed by atoms with E-state index in [9.17, 15) is 8.42 Å². The Balaban J connectivity index is 1.46. The lowest BCUT2D eigenvalue weighted by atomic mass is 9.97. The summed E-state index contributed by atoms with van der Waals surface area (Å²) in [5.41, 5.74) is 2.10. The number of aryl methyl sites for hydroxylation is 2. The lowest BCUT2D eigenvalue weighted by Gasteiger charge is -2.13. The number of rotatable bonds is 5. The van der Waals surface area contributed by atoms with E-state index in [0.717, 1.165) is 34.6 Å². The van der Waals surface area contributed by atoms with Gasteiger partial charge in [0.2, 0.25) is 0 Å². The van der Waals surface area contributed by atoms with Gasteiger partial charge in [0.05, 0.1) is 10.3 Å². The maximum absolute atomic E-state index is 12.5. The summed E-state index contributed by atoms with van der Waals surface area (Å²) >= 11 is 8.26. The molecular weight excluding hydrogens is 459 g/mol. The molecule has 5 rings (SSSR count). The highest BCUT2D eigenvalue weighted by molar-refractivity contribution is 7.93. The molecule has 0 amide bonds. The SMILES string of the molecule is O=S(=O)(Nc1nccs1)c1ccc(Nc2[nH]c(=S)nc3sc4c(c23)CCCC4)cc1. The molecule has 3 N–H and O–H groups in total. The smallest absolute Gasteiger partial charge is 0.263 e. The van der Waals surface area contributed by atoms with E-state index in [1.165, 1.54) is 34.6 Å². The van der Waals surface area contributed by atoms with Crippen molar-refractivity contribution in [1.29, 1.82) is 0 Å². The van der Waals surface area contributed by atoms with Crippen molar-refractivity contribution in [1.82, 2.24) is 15.0 Å². The summed E-state index contributed by atoms with van der Waals surface area (Å²) in [5.74, 6) is 0.806. The second-order valence-corrected chi connectivity index (χ2v) is 10.9.